The van der Waals surface area contributed by atoms with Crippen LogP contribution in [0.25, 0.3) is 0 Å². The number of nitrogens with one attached hydrogen (secondary N) is 1. The predicted molar refractivity (Wildman–Crippen MR) is 81.3 cm³/mol. The molecule has 0 radical (unpaired) electrons. The second-order valence-electron chi connectivity index (χ2n) is 5.56. The Labute approximate surface area is 121 Å². The summed E-state index contributed by atoms with van der Waals surface area (Å²) in [7, 11) is 0. The Hall–Kier alpha value is -1.36. The van der Waals surface area contributed by atoms with Gasteiger partial charge in [-0.1, -0.05) is 6.92 Å². The molecule has 1 aromatic heterocycles. The SMILES string of the molecule is CCOc1cc(C)nc(NCCN2CCC(C)CC2)n1. The van der Waals surface area contributed by atoms with E-state index < -0.39 is 0 Å². The minimum absolute atomic E-state index is 0.627. The second-order valence-corrected chi connectivity index (χ2v) is 5.56. The molecule has 1 fully saturated rings. The van der Waals surface area contributed by atoms with E-state index in [-0.39, 0.29) is 0 Å². The summed E-state index contributed by atoms with van der Waals surface area (Å²) in [4.78, 5) is 11.3. The van der Waals surface area contributed by atoms with Crippen molar-refractivity contribution < 1.29 is 4.74 Å². The molecule has 0 unspecified atom stereocenters. The molecule has 1 saturated heterocycles. The highest BCUT2D eigenvalue weighted by molar-refractivity contribution is 5.30. The number of anilines is 1. The van der Waals surface area contributed by atoms with Gasteiger partial charge in [-0.25, -0.2) is 4.98 Å². The van der Waals surface area contributed by atoms with Gasteiger partial charge in [0.05, 0.1) is 6.61 Å². The Kier molecular flexibility index (Phi) is 5.59. The number of aromatic nitrogens is 2. The molecule has 112 valence electrons. The lowest BCUT2D eigenvalue weighted by atomic mass is 9.99. The Bertz CT molecular complexity index is 416. The zero-order chi connectivity index (χ0) is 14.4. The molecule has 1 aliphatic rings. The summed E-state index contributed by atoms with van der Waals surface area (Å²) in [6.07, 6.45) is 2.63. The van der Waals surface area contributed by atoms with Gasteiger partial charge in [-0.05, 0) is 45.7 Å². The molecule has 0 bridgehead atoms. The molecule has 0 aliphatic carbocycles. The van der Waals surface area contributed by atoms with Crippen LogP contribution in [-0.2, 0) is 0 Å². The summed E-state index contributed by atoms with van der Waals surface area (Å²) in [5, 5.41) is 3.30. The average Bonchev–Trinajstić information content (AvgIpc) is 2.41. The van der Waals surface area contributed by atoms with Crippen molar-refractivity contribution in [3.8, 4) is 5.88 Å². The number of aryl methyl sites for hydroxylation is 1. The Morgan fingerprint density at radius 1 is 1.35 bits per heavy atom. The van der Waals surface area contributed by atoms with Crippen molar-refractivity contribution in [1.82, 2.24) is 14.9 Å². The van der Waals surface area contributed by atoms with E-state index in [1.165, 1.54) is 25.9 Å². The largest absolute Gasteiger partial charge is 0.478 e. The van der Waals surface area contributed by atoms with Gasteiger partial charge in [0.2, 0.25) is 11.8 Å². The maximum Gasteiger partial charge on any atom is 0.226 e. The molecule has 1 aromatic rings. The highest BCUT2D eigenvalue weighted by Crippen LogP contribution is 2.15. The number of nitrogens with zero attached hydrogens (tertiary/aromatic N) is 3. The topological polar surface area (TPSA) is 50.3 Å². The smallest absolute Gasteiger partial charge is 0.226 e. The molecule has 0 atom stereocenters. The van der Waals surface area contributed by atoms with Crippen LogP contribution in [0, 0.1) is 12.8 Å². The van der Waals surface area contributed by atoms with Crippen molar-refractivity contribution in [1.29, 1.82) is 0 Å². The average molecular weight is 278 g/mol. The summed E-state index contributed by atoms with van der Waals surface area (Å²) in [6.45, 7) is 11.2. The highest BCUT2D eigenvalue weighted by atomic mass is 16.5. The summed E-state index contributed by atoms with van der Waals surface area (Å²) in [5.41, 5.74) is 0.928. The zero-order valence-electron chi connectivity index (χ0n) is 12.9. The van der Waals surface area contributed by atoms with Crippen molar-refractivity contribution in [2.24, 2.45) is 5.92 Å². The van der Waals surface area contributed by atoms with Crippen molar-refractivity contribution in [2.75, 3.05) is 38.1 Å². The maximum atomic E-state index is 5.43. The van der Waals surface area contributed by atoms with Crippen LogP contribution in [0.2, 0.25) is 0 Å². The lowest BCUT2D eigenvalue weighted by Crippen LogP contribution is -2.36. The summed E-state index contributed by atoms with van der Waals surface area (Å²) in [6, 6.07) is 1.86. The molecule has 2 rings (SSSR count). The molecule has 1 aliphatic heterocycles. The number of hydrogen-bond acceptors (Lipinski definition) is 5. The van der Waals surface area contributed by atoms with E-state index in [4.69, 9.17) is 4.74 Å². The molecule has 5 heteroatoms. The van der Waals surface area contributed by atoms with E-state index in [0.29, 0.717) is 18.4 Å². The van der Waals surface area contributed by atoms with Gasteiger partial charge in [0.15, 0.2) is 0 Å². The van der Waals surface area contributed by atoms with Gasteiger partial charge in [-0.3, -0.25) is 0 Å². The van der Waals surface area contributed by atoms with Gasteiger partial charge in [0.25, 0.3) is 0 Å². The van der Waals surface area contributed by atoms with Gasteiger partial charge >= 0.3 is 0 Å². The number of hydrogen-bond donors (Lipinski definition) is 1. The lowest BCUT2D eigenvalue weighted by molar-refractivity contribution is 0.199. The van der Waals surface area contributed by atoms with Crippen LogP contribution in [-0.4, -0.2) is 47.7 Å². The molecule has 0 saturated carbocycles. The van der Waals surface area contributed by atoms with Crippen LogP contribution >= 0.6 is 0 Å². The molecule has 1 N–H and O–H groups in total. The van der Waals surface area contributed by atoms with E-state index in [1.54, 1.807) is 0 Å². The van der Waals surface area contributed by atoms with Crippen LogP contribution in [0.4, 0.5) is 5.95 Å². The molecular formula is C15H26N4O. The molecule has 0 spiro atoms. The second kappa shape index (κ2) is 7.43. The molecule has 0 aromatic carbocycles. The van der Waals surface area contributed by atoms with Crippen LogP contribution in [0.15, 0.2) is 6.07 Å². The number of rotatable bonds is 6. The monoisotopic (exact) mass is 278 g/mol. The van der Waals surface area contributed by atoms with E-state index in [0.717, 1.165) is 24.7 Å². The predicted octanol–water partition coefficient (Wildman–Crippen LogP) is 2.33. The quantitative estimate of drug-likeness (QED) is 0.865. The number of likely N-dealkylation sites (tertiary alicyclic amines) is 1. The Morgan fingerprint density at radius 2 is 2.10 bits per heavy atom. The lowest BCUT2D eigenvalue weighted by Gasteiger charge is -2.30. The van der Waals surface area contributed by atoms with Crippen molar-refractivity contribution in [3.63, 3.8) is 0 Å². The molecular weight excluding hydrogens is 252 g/mol. The normalized spacial score (nSPS) is 17.1. The molecule has 0 amide bonds. The summed E-state index contributed by atoms with van der Waals surface area (Å²) in [5.74, 6) is 2.20. The third-order valence-electron chi connectivity index (χ3n) is 3.71. The van der Waals surface area contributed by atoms with Gasteiger partial charge in [0.1, 0.15) is 0 Å². The van der Waals surface area contributed by atoms with Crippen LogP contribution in [0.1, 0.15) is 32.4 Å². The van der Waals surface area contributed by atoms with Gasteiger partial charge in [-0.2, -0.15) is 4.98 Å². The Morgan fingerprint density at radius 3 is 2.80 bits per heavy atom. The third kappa shape index (κ3) is 4.63. The van der Waals surface area contributed by atoms with E-state index in [2.05, 4.69) is 27.1 Å². The Balaban J connectivity index is 1.78. The van der Waals surface area contributed by atoms with Gasteiger partial charge < -0.3 is 15.0 Å². The number of ether oxygens (including phenoxy) is 1. The molecule has 2 heterocycles. The first-order valence-corrected chi connectivity index (χ1v) is 7.62. The van der Waals surface area contributed by atoms with Gasteiger partial charge in [-0.15, -0.1) is 0 Å². The van der Waals surface area contributed by atoms with Crippen molar-refractivity contribution >= 4 is 5.95 Å². The highest BCUT2D eigenvalue weighted by Gasteiger charge is 2.14. The van der Waals surface area contributed by atoms with Crippen molar-refractivity contribution in [2.45, 2.75) is 33.6 Å². The fourth-order valence-corrected chi connectivity index (χ4v) is 2.45. The van der Waals surface area contributed by atoms with Crippen LogP contribution in [0.3, 0.4) is 0 Å². The van der Waals surface area contributed by atoms with Crippen molar-refractivity contribution in [3.05, 3.63) is 11.8 Å². The van der Waals surface area contributed by atoms with Crippen LogP contribution in [0.5, 0.6) is 5.88 Å². The first-order valence-electron chi connectivity index (χ1n) is 7.62. The van der Waals surface area contributed by atoms with Crippen LogP contribution < -0.4 is 10.1 Å². The zero-order valence-corrected chi connectivity index (χ0v) is 12.9. The summed E-state index contributed by atoms with van der Waals surface area (Å²) < 4.78 is 5.43. The van der Waals surface area contributed by atoms with E-state index in [1.807, 2.05) is 19.9 Å². The van der Waals surface area contributed by atoms with Gasteiger partial charge in [0, 0.05) is 24.8 Å². The summed E-state index contributed by atoms with van der Waals surface area (Å²) >= 11 is 0. The third-order valence-corrected chi connectivity index (χ3v) is 3.71. The first kappa shape index (κ1) is 15.0. The first-order chi connectivity index (χ1) is 9.67. The minimum atomic E-state index is 0.627. The maximum absolute atomic E-state index is 5.43. The fourth-order valence-electron chi connectivity index (χ4n) is 2.45. The fraction of sp³-hybridized carbons (Fsp3) is 0.733. The number of piperidine rings is 1. The van der Waals surface area contributed by atoms with E-state index in [9.17, 15) is 0 Å². The standard InChI is InChI=1S/C15H26N4O/c1-4-20-14-11-13(3)17-15(18-14)16-7-10-19-8-5-12(2)6-9-19/h11-12H,4-10H2,1-3H3,(H,16,17,18). The minimum Gasteiger partial charge on any atom is -0.478 e. The molecule has 5 nitrogen and oxygen atoms in total. The van der Waals surface area contributed by atoms with E-state index >= 15 is 0 Å². The molecule has 20 heavy (non-hydrogen) atoms.